The van der Waals surface area contributed by atoms with Crippen molar-refractivity contribution in [1.82, 2.24) is 5.32 Å². The van der Waals surface area contributed by atoms with Gasteiger partial charge in [-0.3, -0.25) is 0 Å². The van der Waals surface area contributed by atoms with E-state index in [4.69, 9.17) is 5.73 Å². The van der Waals surface area contributed by atoms with Crippen LogP contribution in [0.1, 0.15) is 31.2 Å². The number of nitrogens with one attached hydrogen (secondary N) is 1. The molecule has 0 aliphatic heterocycles. The molecule has 2 aliphatic carbocycles. The Morgan fingerprint density at radius 2 is 1.88 bits per heavy atom. The zero-order valence-corrected chi connectivity index (χ0v) is 9.95. The number of nitrogens with two attached hydrogens (primary N) is 1. The van der Waals surface area contributed by atoms with Crippen molar-refractivity contribution in [3.63, 3.8) is 0 Å². The van der Waals surface area contributed by atoms with Gasteiger partial charge in [-0.1, -0.05) is 12.1 Å². The van der Waals surface area contributed by atoms with Crippen LogP contribution >= 0.6 is 0 Å². The van der Waals surface area contributed by atoms with Gasteiger partial charge in [0.25, 0.3) is 0 Å². The Labute approximate surface area is 101 Å². The van der Waals surface area contributed by atoms with E-state index in [0.717, 1.165) is 17.4 Å². The van der Waals surface area contributed by atoms with E-state index < -0.39 is 0 Å². The van der Waals surface area contributed by atoms with Crippen molar-refractivity contribution in [1.29, 1.82) is 0 Å². The number of hydrogen-bond acceptors (Lipinski definition) is 2. The average molecular weight is 234 g/mol. The fourth-order valence-electron chi connectivity index (χ4n) is 2.59. The molecule has 0 unspecified atom stereocenters. The Hall–Kier alpha value is -1.09. The Balaban J connectivity index is 1.64. The predicted octanol–water partition coefficient (Wildman–Crippen LogP) is 2.69. The minimum Gasteiger partial charge on any atom is -0.396 e. The molecule has 2 nitrogen and oxygen atoms in total. The van der Waals surface area contributed by atoms with Crippen molar-refractivity contribution in [3.05, 3.63) is 29.6 Å². The van der Waals surface area contributed by atoms with Crippen molar-refractivity contribution in [2.45, 2.75) is 38.3 Å². The molecule has 1 aromatic carbocycles. The van der Waals surface area contributed by atoms with Gasteiger partial charge in [0.05, 0.1) is 5.69 Å². The summed E-state index contributed by atoms with van der Waals surface area (Å²) in [4.78, 5) is 0. The zero-order valence-electron chi connectivity index (χ0n) is 9.95. The van der Waals surface area contributed by atoms with Crippen LogP contribution in [0.3, 0.4) is 0 Å². The van der Waals surface area contributed by atoms with Gasteiger partial charge in [-0.2, -0.15) is 0 Å². The Kier molecular flexibility index (Phi) is 2.79. The lowest BCUT2D eigenvalue weighted by molar-refractivity contribution is 0.416. The van der Waals surface area contributed by atoms with Crippen LogP contribution in [0.5, 0.6) is 0 Å². The van der Waals surface area contributed by atoms with Crippen molar-refractivity contribution < 1.29 is 4.39 Å². The van der Waals surface area contributed by atoms with Crippen molar-refractivity contribution in [3.8, 4) is 0 Å². The lowest BCUT2D eigenvalue weighted by atomic mass is 10.1. The normalized spacial score (nSPS) is 19.9. The number of rotatable bonds is 5. The summed E-state index contributed by atoms with van der Waals surface area (Å²) >= 11 is 0. The molecule has 0 saturated heterocycles. The molecule has 0 aromatic heterocycles. The van der Waals surface area contributed by atoms with E-state index in [0.29, 0.717) is 18.3 Å². The van der Waals surface area contributed by atoms with Gasteiger partial charge in [-0.25, -0.2) is 4.39 Å². The fraction of sp³-hybridized carbons (Fsp3) is 0.571. The van der Waals surface area contributed by atoms with Crippen molar-refractivity contribution in [2.24, 2.45) is 11.8 Å². The van der Waals surface area contributed by atoms with E-state index in [1.165, 1.54) is 31.7 Å². The molecule has 0 spiro atoms. The quantitative estimate of drug-likeness (QED) is 0.769. The molecule has 0 amide bonds. The summed E-state index contributed by atoms with van der Waals surface area (Å²) in [5, 5.41) is 3.58. The maximum atomic E-state index is 13.3. The van der Waals surface area contributed by atoms with E-state index in [-0.39, 0.29) is 5.82 Å². The molecule has 0 atom stereocenters. The summed E-state index contributed by atoms with van der Waals surface area (Å²) in [6, 6.07) is 5.68. The summed E-state index contributed by atoms with van der Waals surface area (Å²) in [5.74, 6) is 1.41. The zero-order chi connectivity index (χ0) is 11.8. The first kappa shape index (κ1) is 11.0. The smallest absolute Gasteiger partial charge is 0.146 e. The highest BCUT2D eigenvalue weighted by atomic mass is 19.1. The van der Waals surface area contributed by atoms with Crippen LogP contribution in [0, 0.1) is 17.7 Å². The summed E-state index contributed by atoms with van der Waals surface area (Å²) < 4.78 is 13.3. The number of anilines is 1. The first-order valence-electron chi connectivity index (χ1n) is 6.52. The van der Waals surface area contributed by atoms with Crippen LogP contribution in [0.25, 0.3) is 0 Å². The first-order valence-corrected chi connectivity index (χ1v) is 6.52. The van der Waals surface area contributed by atoms with E-state index in [9.17, 15) is 4.39 Å². The van der Waals surface area contributed by atoms with Gasteiger partial charge < -0.3 is 11.1 Å². The van der Waals surface area contributed by atoms with Gasteiger partial charge in [0.15, 0.2) is 0 Å². The lowest BCUT2D eigenvalue weighted by Crippen LogP contribution is -2.32. The van der Waals surface area contributed by atoms with Gasteiger partial charge in [-0.05, 0) is 49.1 Å². The van der Waals surface area contributed by atoms with Crippen LogP contribution in [-0.2, 0) is 6.54 Å². The second-order valence-corrected chi connectivity index (χ2v) is 5.39. The molecule has 17 heavy (non-hydrogen) atoms. The highest BCUT2D eigenvalue weighted by Gasteiger charge is 2.40. The van der Waals surface area contributed by atoms with Crippen LogP contribution in [0.2, 0.25) is 0 Å². The molecule has 0 heterocycles. The summed E-state index contributed by atoms with van der Waals surface area (Å²) in [6.07, 6.45) is 5.42. The average Bonchev–Trinajstić information content (AvgIpc) is 3.14. The largest absolute Gasteiger partial charge is 0.396 e. The third-order valence-corrected chi connectivity index (χ3v) is 3.93. The summed E-state index contributed by atoms with van der Waals surface area (Å²) in [7, 11) is 0. The number of nitrogen functional groups attached to an aromatic ring is 1. The van der Waals surface area contributed by atoms with Gasteiger partial charge in [0.2, 0.25) is 0 Å². The van der Waals surface area contributed by atoms with E-state index >= 15 is 0 Å². The van der Waals surface area contributed by atoms with Crippen LogP contribution in [0.4, 0.5) is 10.1 Å². The molecule has 3 rings (SSSR count). The van der Waals surface area contributed by atoms with E-state index in [1.54, 1.807) is 6.07 Å². The van der Waals surface area contributed by atoms with Gasteiger partial charge in [0.1, 0.15) is 5.82 Å². The molecule has 3 heteroatoms. The number of para-hydroxylation sites is 1. The predicted molar refractivity (Wildman–Crippen MR) is 66.9 cm³/mol. The molecule has 2 saturated carbocycles. The Morgan fingerprint density at radius 3 is 2.47 bits per heavy atom. The lowest BCUT2D eigenvalue weighted by Gasteiger charge is -2.18. The molecule has 0 bridgehead atoms. The highest BCUT2D eigenvalue weighted by Crippen LogP contribution is 2.44. The molecule has 1 aromatic rings. The Bertz CT molecular complexity index is 399. The molecular weight excluding hydrogens is 215 g/mol. The van der Waals surface area contributed by atoms with Gasteiger partial charge in [-0.15, -0.1) is 0 Å². The third-order valence-electron chi connectivity index (χ3n) is 3.93. The van der Waals surface area contributed by atoms with Crippen molar-refractivity contribution in [2.75, 3.05) is 5.73 Å². The van der Waals surface area contributed by atoms with E-state index in [2.05, 4.69) is 5.32 Å². The van der Waals surface area contributed by atoms with Crippen LogP contribution < -0.4 is 11.1 Å². The second kappa shape index (κ2) is 4.30. The van der Waals surface area contributed by atoms with Gasteiger partial charge in [0, 0.05) is 12.6 Å². The monoisotopic (exact) mass is 234 g/mol. The minimum absolute atomic E-state index is 0.297. The summed E-state index contributed by atoms with van der Waals surface area (Å²) in [5.41, 5.74) is 6.92. The maximum Gasteiger partial charge on any atom is 0.146 e. The number of benzene rings is 1. The molecule has 0 radical (unpaired) electrons. The number of halogens is 1. The van der Waals surface area contributed by atoms with Crippen LogP contribution in [-0.4, -0.2) is 6.04 Å². The summed E-state index contributed by atoms with van der Waals surface area (Å²) in [6.45, 7) is 0.696. The SMILES string of the molecule is Nc1c(F)cccc1CNC(C1CC1)C1CC1. The maximum absolute atomic E-state index is 13.3. The molecule has 3 N–H and O–H groups in total. The highest BCUT2D eigenvalue weighted by molar-refractivity contribution is 5.47. The minimum atomic E-state index is -0.307. The van der Waals surface area contributed by atoms with Crippen molar-refractivity contribution >= 4 is 5.69 Å². The van der Waals surface area contributed by atoms with Gasteiger partial charge >= 0.3 is 0 Å². The molecule has 92 valence electrons. The number of hydrogen-bond donors (Lipinski definition) is 2. The molecular formula is C14H19FN2. The first-order chi connectivity index (χ1) is 8.25. The Morgan fingerprint density at radius 1 is 1.24 bits per heavy atom. The van der Waals surface area contributed by atoms with E-state index in [1.807, 2.05) is 6.07 Å². The standard InChI is InChI=1S/C14H19FN2/c15-12-3-1-2-11(13(12)16)8-17-14(9-4-5-9)10-6-7-10/h1-3,9-10,14,17H,4-8,16H2. The molecule has 2 aliphatic rings. The third kappa shape index (κ3) is 2.44. The van der Waals surface area contributed by atoms with Crippen LogP contribution in [0.15, 0.2) is 18.2 Å². The fourth-order valence-corrected chi connectivity index (χ4v) is 2.59. The topological polar surface area (TPSA) is 38.0 Å². The second-order valence-electron chi connectivity index (χ2n) is 5.39. The molecule has 2 fully saturated rings.